The van der Waals surface area contributed by atoms with Crippen LogP contribution in [0.25, 0.3) is 0 Å². The van der Waals surface area contributed by atoms with E-state index in [1.807, 2.05) is 19.1 Å². The molecule has 0 spiro atoms. The molecule has 1 aliphatic carbocycles. The quantitative estimate of drug-likeness (QED) is 0.879. The number of hydrogen-bond donors (Lipinski definition) is 2. The van der Waals surface area contributed by atoms with Crippen LogP contribution < -0.4 is 5.32 Å². The van der Waals surface area contributed by atoms with Crippen molar-refractivity contribution in [2.24, 2.45) is 11.8 Å². The van der Waals surface area contributed by atoms with Crippen LogP contribution in [0.2, 0.25) is 5.02 Å². The number of hydrogen-bond acceptors (Lipinski definition) is 2. The van der Waals surface area contributed by atoms with Gasteiger partial charge in [-0.3, -0.25) is 9.59 Å². The molecule has 0 unspecified atom stereocenters. The average molecular weight is 268 g/mol. The fourth-order valence-corrected chi connectivity index (χ4v) is 2.14. The van der Waals surface area contributed by atoms with Gasteiger partial charge in [0.1, 0.15) is 0 Å². The summed E-state index contributed by atoms with van der Waals surface area (Å²) in [5.74, 6) is -2.00. The van der Waals surface area contributed by atoms with E-state index < -0.39 is 11.9 Å². The Hall–Kier alpha value is -1.55. The molecule has 0 saturated heterocycles. The summed E-state index contributed by atoms with van der Waals surface area (Å²) in [5.41, 5.74) is 0.906. The van der Waals surface area contributed by atoms with Crippen LogP contribution in [0.1, 0.15) is 24.9 Å². The van der Waals surface area contributed by atoms with Crippen molar-refractivity contribution >= 4 is 23.5 Å². The number of aliphatic carboxylic acids is 1. The summed E-state index contributed by atoms with van der Waals surface area (Å²) in [7, 11) is 0. The number of nitrogens with one attached hydrogen (secondary N) is 1. The minimum Gasteiger partial charge on any atom is -0.481 e. The van der Waals surface area contributed by atoms with Crippen molar-refractivity contribution in [3.63, 3.8) is 0 Å². The minimum atomic E-state index is -0.898. The van der Waals surface area contributed by atoms with Crippen molar-refractivity contribution in [1.82, 2.24) is 5.32 Å². The highest BCUT2D eigenvalue weighted by atomic mass is 35.5. The molecule has 18 heavy (non-hydrogen) atoms. The summed E-state index contributed by atoms with van der Waals surface area (Å²) >= 11 is 5.87. The van der Waals surface area contributed by atoms with Crippen LogP contribution in [0.5, 0.6) is 0 Å². The summed E-state index contributed by atoms with van der Waals surface area (Å²) < 4.78 is 0. The fourth-order valence-electron chi connectivity index (χ4n) is 1.94. The summed E-state index contributed by atoms with van der Waals surface area (Å²) in [4.78, 5) is 22.5. The van der Waals surface area contributed by atoms with Crippen LogP contribution in [0.3, 0.4) is 0 Å². The highest BCUT2D eigenvalue weighted by Crippen LogP contribution is 2.39. The van der Waals surface area contributed by atoms with Gasteiger partial charge in [0.05, 0.1) is 17.9 Å². The third-order valence-electron chi connectivity index (χ3n) is 3.15. The Morgan fingerprint density at radius 3 is 2.72 bits per heavy atom. The normalized spacial score (nSPS) is 23.2. The Morgan fingerprint density at radius 1 is 1.44 bits per heavy atom. The first-order valence-electron chi connectivity index (χ1n) is 5.77. The van der Waals surface area contributed by atoms with Crippen molar-refractivity contribution in [2.45, 2.75) is 19.4 Å². The van der Waals surface area contributed by atoms with Gasteiger partial charge in [0.15, 0.2) is 0 Å². The van der Waals surface area contributed by atoms with Gasteiger partial charge in [-0.05, 0) is 31.0 Å². The fraction of sp³-hybridized carbons (Fsp3) is 0.385. The smallest absolute Gasteiger partial charge is 0.307 e. The van der Waals surface area contributed by atoms with E-state index in [0.29, 0.717) is 11.4 Å². The molecule has 0 heterocycles. The molecule has 0 bridgehead atoms. The Balaban J connectivity index is 1.94. The van der Waals surface area contributed by atoms with E-state index >= 15 is 0 Å². The van der Waals surface area contributed by atoms with Gasteiger partial charge in [0.25, 0.3) is 0 Å². The number of benzene rings is 1. The third kappa shape index (κ3) is 2.82. The first-order valence-corrected chi connectivity index (χ1v) is 6.15. The van der Waals surface area contributed by atoms with Crippen molar-refractivity contribution in [3.05, 3.63) is 34.9 Å². The van der Waals surface area contributed by atoms with E-state index in [4.69, 9.17) is 16.7 Å². The molecule has 96 valence electrons. The molecular formula is C13H14ClNO3. The summed E-state index contributed by atoms with van der Waals surface area (Å²) in [6, 6.07) is 7.07. The van der Waals surface area contributed by atoms with Crippen LogP contribution in [0.4, 0.5) is 0 Å². The highest BCUT2D eigenvalue weighted by Gasteiger charge is 2.48. The predicted molar refractivity (Wildman–Crippen MR) is 67.2 cm³/mol. The van der Waals surface area contributed by atoms with E-state index in [1.165, 1.54) is 0 Å². The lowest BCUT2D eigenvalue weighted by Crippen LogP contribution is -2.29. The minimum absolute atomic E-state index is 0.175. The lowest BCUT2D eigenvalue weighted by Gasteiger charge is -2.14. The molecule has 1 aromatic carbocycles. The van der Waals surface area contributed by atoms with Crippen LogP contribution >= 0.6 is 11.6 Å². The van der Waals surface area contributed by atoms with Crippen LogP contribution in [-0.4, -0.2) is 17.0 Å². The number of amides is 1. The second-order valence-corrected chi connectivity index (χ2v) is 5.01. The van der Waals surface area contributed by atoms with Crippen molar-refractivity contribution in [2.75, 3.05) is 0 Å². The number of rotatable bonds is 4. The second kappa shape index (κ2) is 4.98. The zero-order valence-electron chi connectivity index (χ0n) is 9.89. The largest absolute Gasteiger partial charge is 0.481 e. The van der Waals surface area contributed by atoms with Gasteiger partial charge in [-0.15, -0.1) is 0 Å². The predicted octanol–water partition coefficient (Wildman–Crippen LogP) is 2.24. The molecule has 1 fully saturated rings. The van der Waals surface area contributed by atoms with Gasteiger partial charge < -0.3 is 10.4 Å². The molecule has 1 amide bonds. The standard InChI is InChI=1S/C13H14ClNO3/c1-7(8-3-2-4-9(14)5-8)15-12(16)10-6-11(10)13(17)18/h2-5,7,10-11H,6H2,1H3,(H,15,16)(H,17,18)/t7-,10+,11-/m1/s1. The molecule has 5 heteroatoms. The maximum absolute atomic E-state index is 11.8. The van der Waals surface area contributed by atoms with Crippen molar-refractivity contribution in [1.29, 1.82) is 0 Å². The molecule has 3 atom stereocenters. The molecule has 1 aromatic rings. The van der Waals surface area contributed by atoms with Gasteiger partial charge in [-0.1, -0.05) is 23.7 Å². The molecule has 1 saturated carbocycles. The second-order valence-electron chi connectivity index (χ2n) is 4.57. The molecule has 0 aromatic heterocycles. The number of carbonyl (C=O) groups excluding carboxylic acids is 1. The third-order valence-corrected chi connectivity index (χ3v) is 3.39. The Morgan fingerprint density at radius 2 is 2.17 bits per heavy atom. The topological polar surface area (TPSA) is 66.4 Å². The number of halogens is 1. The van der Waals surface area contributed by atoms with Gasteiger partial charge in [-0.25, -0.2) is 0 Å². The Kier molecular flexibility index (Phi) is 3.57. The van der Waals surface area contributed by atoms with Crippen LogP contribution in [-0.2, 0) is 9.59 Å². The van der Waals surface area contributed by atoms with E-state index in [0.717, 1.165) is 5.56 Å². The zero-order valence-corrected chi connectivity index (χ0v) is 10.6. The Labute approximate surface area is 110 Å². The van der Waals surface area contributed by atoms with E-state index in [9.17, 15) is 9.59 Å². The average Bonchev–Trinajstić information content (AvgIpc) is 3.08. The molecule has 0 aliphatic heterocycles. The number of carboxylic acids is 1. The van der Waals surface area contributed by atoms with Gasteiger partial charge >= 0.3 is 5.97 Å². The lowest BCUT2D eigenvalue weighted by molar-refractivity contribution is -0.140. The maximum atomic E-state index is 11.8. The summed E-state index contributed by atoms with van der Waals surface area (Å²) in [5, 5.41) is 12.2. The highest BCUT2D eigenvalue weighted by molar-refractivity contribution is 6.30. The van der Waals surface area contributed by atoms with Crippen LogP contribution in [0, 0.1) is 11.8 Å². The molecular weight excluding hydrogens is 254 g/mol. The van der Waals surface area contributed by atoms with E-state index in [-0.39, 0.29) is 17.9 Å². The Bertz CT molecular complexity index is 489. The van der Waals surface area contributed by atoms with Gasteiger partial charge in [0, 0.05) is 5.02 Å². The molecule has 2 N–H and O–H groups in total. The van der Waals surface area contributed by atoms with Gasteiger partial charge in [0.2, 0.25) is 5.91 Å². The van der Waals surface area contributed by atoms with E-state index in [2.05, 4.69) is 5.32 Å². The van der Waals surface area contributed by atoms with Gasteiger partial charge in [-0.2, -0.15) is 0 Å². The zero-order chi connectivity index (χ0) is 13.3. The number of carbonyl (C=O) groups is 2. The van der Waals surface area contributed by atoms with E-state index in [1.54, 1.807) is 12.1 Å². The molecule has 0 radical (unpaired) electrons. The number of carboxylic acid groups (broad SMARTS) is 1. The maximum Gasteiger partial charge on any atom is 0.307 e. The molecule has 4 nitrogen and oxygen atoms in total. The lowest BCUT2D eigenvalue weighted by atomic mass is 10.1. The van der Waals surface area contributed by atoms with Crippen molar-refractivity contribution in [3.8, 4) is 0 Å². The molecule has 2 rings (SSSR count). The van der Waals surface area contributed by atoms with Crippen LogP contribution in [0.15, 0.2) is 24.3 Å². The molecule has 1 aliphatic rings. The monoisotopic (exact) mass is 267 g/mol. The SMILES string of the molecule is C[C@@H](NC(=O)[C@H]1C[C@H]1C(=O)O)c1cccc(Cl)c1. The first-order chi connectivity index (χ1) is 8.49. The summed E-state index contributed by atoms with van der Waals surface area (Å²) in [6.45, 7) is 1.85. The summed E-state index contributed by atoms with van der Waals surface area (Å²) in [6.07, 6.45) is 0.434. The van der Waals surface area contributed by atoms with Crippen molar-refractivity contribution < 1.29 is 14.7 Å². The first kappa shape index (κ1) is 12.9.